The predicted octanol–water partition coefficient (Wildman–Crippen LogP) is 1.48. The van der Waals surface area contributed by atoms with Crippen LogP contribution in [0.4, 0.5) is 0 Å². The summed E-state index contributed by atoms with van der Waals surface area (Å²) in [6.45, 7) is 1.43. The van der Waals surface area contributed by atoms with Crippen LogP contribution in [0.2, 0.25) is 0 Å². The Morgan fingerprint density at radius 3 is 3.07 bits per heavy atom. The summed E-state index contributed by atoms with van der Waals surface area (Å²) in [5.74, 6) is 2.57. The summed E-state index contributed by atoms with van der Waals surface area (Å²) in [4.78, 5) is 11.3. The lowest BCUT2D eigenvalue weighted by atomic mass is 10.0. The van der Waals surface area contributed by atoms with Gasteiger partial charge >= 0.3 is 0 Å². The van der Waals surface area contributed by atoms with Crippen LogP contribution in [0.1, 0.15) is 38.5 Å². The number of amides is 1. The first-order chi connectivity index (χ1) is 7.33. The number of carbonyl (C=O) groups excluding carboxylic acids is 1. The molecule has 84 valence electrons. The Hall–Kier alpha value is -1.01. The molecule has 3 heteroatoms. The summed E-state index contributed by atoms with van der Waals surface area (Å²) in [6.07, 6.45) is 10.8. The fourth-order valence-electron chi connectivity index (χ4n) is 1.69. The number of hydrogen-bond donors (Lipinski definition) is 1. The molecule has 0 aromatic rings. The average Bonchev–Trinajstić information content (AvgIpc) is 2.28. The van der Waals surface area contributed by atoms with Crippen LogP contribution in [-0.4, -0.2) is 25.2 Å². The summed E-state index contributed by atoms with van der Waals surface area (Å²) < 4.78 is 5.54. The van der Waals surface area contributed by atoms with Crippen molar-refractivity contribution in [3.05, 3.63) is 0 Å². The van der Waals surface area contributed by atoms with Crippen LogP contribution in [-0.2, 0) is 9.53 Å². The monoisotopic (exact) mass is 209 g/mol. The molecule has 1 unspecified atom stereocenters. The van der Waals surface area contributed by atoms with Gasteiger partial charge in [0.15, 0.2) is 0 Å². The first-order valence-electron chi connectivity index (χ1n) is 5.64. The maximum absolute atomic E-state index is 11.3. The van der Waals surface area contributed by atoms with Gasteiger partial charge in [0.1, 0.15) is 0 Å². The Balaban J connectivity index is 2.03. The van der Waals surface area contributed by atoms with Gasteiger partial charge in [-0.25, -0.2) is 0 Å². The molecule has 0 saturated carbocycles. The molecule has 0 radical (unpaired) electrons. The topological polar surface area (TPSA) is 38.3 Å². The normalized spacial score (nSPS) is 20.6. The average molecular weight is 209 g/mol. The zero-order valence-corrected chi connectivity index (χ0v) is 9.13. The van der Waals surface area contributed by atoms with Crippen molar-refractivity contribution in [3.8, 4) is 12.3 Å². The van der Waals surface area contributed by atoms with Crippen molar-refractivity contribution >= 4 is 5.91 Å². The van der Waals surface area contributed by atoms with Crippen LogP contribution in [0.25, 0.3) is 0 Å². The largest absolute Gasteiger partial charge is 0.378 e. The highest BCUT2D eigenvalue weighted by Gasteiger charge is 2.14. The highest BCUT2D eigenvalue weighted by Crippen LogP contribution is 2.16. The number of carbonyl (C=O) groups is 1. The van der Waals surface area contributed by atoms with E-state index in [-0.39, 0.29) is 12.0 Å². The minimum Gasteiger partial charge on any atom is -0.378 e. The quantitative estimate of drug-likeness (QED) is 0.550. The predicted molar refractivity (Wildman–Crippen MR) is 59.3 cm³/mol. The van der Waals surface area contributed by atoms with Crippen LogP contribution in [0, 0.1) is 12.3 Å². The maximum atomic E-state index is 11.3. The molecule has 1 aliphatic rings. The standard InChI is InChI=1S/C12H19NO2/c1-2-3-9-13-12(14)8-7-11-6-4-5-10-15-11/h1,11H,3-10H2,(H,13,14). The molecule has 1 atom stereocenters. The maximum Gasteiger partial charge on any atom is 0.220 e. The van der Waals surface area contributed by atoms with E-state index in [4.69, 9.17) is 11.2 Å². The van der Waals surface area contributed by atoms with E-state index in [0.29, 0.717) is 19.4 Å². The van der Waals surface area contributed by atoms with Crippen molar-refractivity contribution in [1.82, 2.24) is 5.32 Å². The Bertz CT molecular complexity index is 226. The van der Waals surface area contributed by atoms with E-state index < -0.39 is 0 Å². The van der Waals surface area contributed by atoms with Gasteiger partial charge in [-0.15, -0.1) is 12.3 Å². The first-order valence-corrected chi connectivity index (χ1v) is 5.64. The second kappa shape index (κ2) is 7.30. The van der Waals surface area contributed by atoms with Crippen molar-refractivity contribution in [2.45, 2.75) is 44.6 Å². The minimum atomic E-state index is 0.0828. The van der Waals surface area contributed by atoms with Gasteiger partial charge < -0.3 is 10.1 Å². The molecule has 0 bridgehead atoms. The lowest BCUT2D eigenvalue weighted by molar-refractivity contribution is -0.122. The molecule has 0 aliphatic carbocycles. The summed E-state index contributed by atoms with van der Waals surface area (Å²) in [7, 11) is 0. The summed E-state index contributed by atoms with van der Waals surface area (Å²) in [5.41, 5.74) is 0. The molecular formula is C12H19NO2. The Morgan fingerprint density at radius 1 is 1.53 bits per heavy atom. The van der Waals surface area contributed by atoms with Crippen molar-refractivity contribution in [3.63, 3.8) is 0 Å². The fraction of sp³-hybridized carbons (Fsp3) is 0.750. The Morgan fingerprint density at radius 2 is 2.40 bits per heavy atom. The zero-order valence-electron chi connectivity index (χ0n) is 9.13. The highest BCUT2D eigenvalue weighted by atomic mass is 16.5. The number of rotatable bonds is 5. The van der Waals surface area contributed by atoms with E-state index in [1.54, 1.807) is 0 Å². The second-order valence-electron chi connectivity index (χ2n) is 3.83. The van der Waals surface area contributed by atoms with Gasteiger partial charge in [0.2, 0.25) is 5.91 Å². The van der Waals surface area contributed by atoms with Gasteiger partial charge in [-0.1, -0.05) is 0 Å². The van der Waals surface area contributed by atoms with Crippen molar-refractivity contribution in [2.24, 2.45) is 0 Å². The molecule has 0 aromatic heterocycles. The van der Waals surface area contributed by atoms with Crippen LogP contribution in [0.5, 0.6) is 0 Å². The third-order valence-electron chi connectivity index (χ3n) is 2.56. The second-order valence-corrected chi connectivity index (χ2v) is 3.83. The van der Waals surface area contributed by atoms with Crippen molar-refractivity contribution in [1.29, 1.82) is 0 Å². The molecule has 1 aliphatic heterocycles. The smallest absolute Gasteiger partial charge is 0.220 e. The van der Waals surface area contributed by atoms with E-state index in [0.717, 1.165) is 25.9 Å². The van der Waals surface area contributed by atoms with Crippen molar-refractivity contribution in [2.75, 3.05) is 13.2 Å². The number of nitrogens with one attached hydrogen (secondary N) is 1. The number of ether oxygens (including phenoxy) is 1. The summed E-state index contributed by atoms with van der Waals surface area (Å²) >= 11 is 0. The Labute approximate surface area is 91.6 Å². The van der Waals surface area contributed by atoms with Gasteiger partial charge in [0, 0.05) is 26.0 Å². The van der Waals surface area contributed by atoms with Gasteiger partial charge in [-0.3, -0.25) is 4.79 Å². The van der Waals surface area contributed by atoms with Gasteiger partial charge in [0.05, 0.1) is 6.10 Å². The molecular weight excluding hydrogens is 190 g/mol. The molecule has 1 heterocycles. The van der Waals surface area contributed by atoms with Crippen LogP contribution in [0.3, 0.4) is 0 Å². The van der Waals surface area contributed by atoms with Gasteiger partial charge in [0.25, 0.3) is 0 Å². The van der Waals surface area contributed by atoms with Crippen molar-refractivity contribution < 1.29 is 9.53 Å². The van der Waals surface area contributed by atoms with Crippen LogP contribution < -0.4 is 5.32 Å². The third-order valence-corrected chi connectivity index (χ3v) is 2.56. The van der Waals surface area contributed by atoms with Gasteiger partial charge in [-0.2, -0.15) is 0 Å². The molecule has 1 N–H and O–H groups in total. The Kier molecular flexibility index (Phi) is 5.87. The zero-order chi connectivity index (χ0) is 10.9. The molecule has 3 nitrogen and oxygen atoms in total. The minimum absolute atomic E-state index is 0.0828. The lowest BCUT2D eigenvalue weighted by Crippen LogP contribution is -2.26. The van der Waals surface area contributed by atoms with E-state index in [9.17, 15) is 4.79 Å². The molecule has 1 saturated heterocycles. The molecule has 15 heavy (non-hydrogen) atoms. The first kappa shape index (κ1) is 12.1. The van der Waals surface area contributed by atoms with Gasteiger partial charge in [-0.05, 0) is 25.7 Å². The molecule has 1 rings (SSSR count). The molecule has 1 fully saturated rings. The van der Waals surface area contributed by atoms with E-state index in [1.807, 2.05) is 0 Å². The van der Waals surface area contributed by atoms with Crippen LogP contribution in [0.15, 0.2) is 0 Å². The molecule has 0 aromatic carbocycles. The summed E-state index contributed by atoms with van der Waals surface area (Å²) in [6, 6.07) is 0. The van der Waals surface area contributed by atoms with E-state index in [1.165, 1.54) is 6.42 Å². The molecule has 0 spiro atoms. The SMILES string of the molecule is C#CCCNC(=O)CCC1CCCCO1. The highest BCUT2D eigenvalue weighted by molar-refractivity contribution is 5.75. The van der Waals surface area contributed by atoms with Crippen LogP contribution >= 0.6 is 0 Å². The van der Waals surface area contributed by atoms with E-state index >= 15 is 0 Å². The number of terminal acetylenes is 1. The lowest BCUT2D eigenvalue weighted by Gasteiger charge is -2.22. The number of hydrogen-bond acceptors (Lipinski definition) is 2. The fourth-order valence-corrected chi connectivity index (χ4v) is 1.69. The molecule has 1 amide bonds. The van der Waals surface area contributed by atoms with E-state index in [2.05, 4.69) is 11.2 Å². The third kappa shape index (κ3) is 5.44. The summed E-state index contributed by atoms with van der Waals surface area (Å²) in [5, 5.41) is 2.79.